The zero-order chi connectivity index (χ0) is 11.0. The minimum atomic E-state index is -0.999. The molecule has 19 heavy (non-hydrogen) atoms. The number of carbonyl (C=O) groups is 1. The number of hydrogen-bond donors (Lipinski definition) is 1. The minimum absolute atomic E-state index is 0. The molecule has 8 heteroatoms. The Bertz CT molecular complexity index is 614. The molecule has 0 saturated heterocycles. The van der Waals surface area contributed by atoms with Crippen LogP contribution in [0.3, 0.4) is 0 Å². The van der Waals surface area contributed by atoms with Crippen LogP contribution >= 0.6 is 0 Å². The van der Waals surface area contributed by atoms with Crippen LogP contribution in [0.1, 0.15) is 16.1 Å². The molecule has 0 bridgehead atoms. The van der Waals surface area contributed by atoms with Crippen molar-refractivity contribution in [1.29, 1.82) is 0 Å². The summed E-state index contributed by atoms with van der Waals surface area (Å²) in [5.41, 5.74) is 7.69. The maximum atomic E-state index is 11.7. The zero-order valence-electron chi connectivity index (χ0n) is 11.4. The average molecular weight is 312 g/mol. The third kappa shape index (κ3) is 5.75. The standard InChI is InChI=1S/C10H9N3O2.CH3.2K.H2O/c1-5-2-3-7-8(13-5)9(14)6(4-12-7)10(11)15;;;;/h2-4H,1H3,(H3,11,12,14,15);1H3;;;1H2/q;-1;2*+1;/p-2. The molecule has 0 aliphatic heterocycles. The van der Waals surface area contributed by atoms with Gasteiger partial charge in [-0.1, -0.05) is 0 Å². The van der Waals surface area contributed by atoms with Crippen molar-refractivity contribution in [2.75, 3.05) is 0 Å². The summed E-state index contributed by atoms with van der Waals surface area (Å²) in [6, 6.07) is 3.48. The topological polar surface area (TPSA) is 117 Å². The first-order chi connectivity index (χ1) is 7.09. The molecule has 0 saturated carbocycles. The third-order valence-corrected chi connectivity index (χ3v) is 2.11. The van der Waals surface area contributed by atoms with Crippen LogP contribution in [-0.2, 0) is 0 Å². The third-order valence-electron chi connectivity index (χ3n) is 2.11. The van der Waals surface area contributed by atoms with E-state index in [0.29, 0.717) is 11.2 Å². The largest absolute Gasteiger partial charge is 1.00 e. The predicted octanol–water partition coefficient (Wildman–Crippen LogP) is -4.29. The number of nitrogens with zero attached hydrogens (tertiary/aromatic N) is 1. The Kier molecular flexibility index (Phi) is 14.2. The molecule has 3 N–H and O–H groups in total. The van der Waals surface area contributed by atoms with Gasteiger partial charge in [-0.05, 0) is 19.1 Å². The van der Waals surface area contributed by atoms with E-state index >= 15 is 0 Å². The summed E-state index contributed by atoms with van der Waals surface area (Å²) in [5, 5.41) is 0. The molecule has 92 valence electrons. The van der Waals surface area contributed by atoms with Gasteiger partial charge in [-0.2, -0.15) is 0 Å². The maximum Gasteiger partial charge on any atom is 1.00 e. The van der Waals surface area contributed by atoms with Gasteiger partial charge in [0.2, 0.25) is 5.43 Å². The van der Waals surface area contributed by atoms with Crippen molar-refractivity contribution in [2.24, 2.45) is 0 Å². The number of hydrogen-bond acceptors (Lipinski definition) is 4. The summed E-state index contributed by atoms with van der Waals surface area (Å²) in [4.78, 5) is 29.3. The van der Waals surface area contributed by atoms with Gasteiger partial charge in [-0.15, -0.1) is 0 Å². The number of aryl methyl sites for hydroxylation is 1. The van der Waals surface area contributed by atoms with Crippen LogP contribution < -0.4 is 108 Å². The number of pyridine rings is 2. The Hall–Kier alpha value is 1.06. The molecule has 6 nitrogen and oxygen atoms in total. The van der Waals surface area contributed by atoms with E-state index in [1.54, 1.807) is 19.1 Å². The number of fused-ring (bicyclic) bond motifs is 1. The molecule has 2 rings (SSSR count). The first-order valence-corrected chi connectivity index (χ1v) is 4.34. The van der Waals surface area contributed by atoms with Gasteiger partial charge >= 0.3 is 103 Å². The molecule has 0 unspecified atom stereocenters. The smallest absolute Gasteiger partial charge is 0.870 e. The summed E-state index contributed by atoms with van der Waals surface area (Å²) in [7, 11) is 0. The number of aromatic nitrogens is 2. The van der Waals surface area contributed by atoms with Crippen molar-refractivity contribution in [2.45, 2.75) is 6.92 Å². The van der Waals surface area contributed by atoms with Crippen molar-refractivity contribution < 1.29 is 113 Å². The fourth-order valence-corrected chi connectivity index (χ4v) is 1.36. The summed E-state index contributed by atoms with van der Waals surface area (Å²) in [6.07, 6.45) is 1.25. The first kappa shape index (κ1) is 25.0. The normalized spacial score (nSPS) is 8.26. The second-order valence-electron chi connectivity index (χ2n) is 3.21. The van der Waals surface area contributed by atoms with Crippen LogP contribution in [0.2, 0.25) is 0 Å². The number of amides is 1. The Labute approximate surface area is 196 Å². The van der Waals surface area contributed by atoms with Crippen LogP contribution in [0, 0.1) is 14.4 Å². The molecule has 0 spiro atoms. The van der Waals surface area contributed by atoms with E-state index in [1.807, 2.05) is 0 Å². The van der Waals surface area contributed by atoms with E-state index in [0.717, 1.165) is 0 Å². The Balaban J connectivity index is -0.000000640. The fraction of sp³-hybridized carbons (Fsp3) is 0.0909. The molecule has 1 amide bonds. The summed E-state index contributed by atoms with van der Waals surface area (Å²) >= 11 is 0. The number of aromatic amines is 1. The molecule has 2 heterocycles. The molecule has 0 fully saturated rings. The van der Waals surface area contributed by atoms with Gasteiger partial charge in [0.15, 0.2) is 0 Å². The Morgan fingerprint density at radius 2 is 1.89 bits per heavy atom. The molecule has 2 aromatic rings. The minimum Gasteiger partial charge on any atom is -0.870 e. The second-order valence-corrected chi connectivity index (χ2v) is 3.21. The van der Waals surface area contributed by atoms with Crippen molar-refractivity contribution >= 4 is 16.9 Å². The van der Waals surface area contributed by atoms with Crippen molar-refractivity contribution in [3.8, 4) is 0 Å². The average Bonchev–Trinajstić information content (AvgIpc) is 2.19. The molecule has 0 aliphatic carbocycles. The van der Waals surface area contributed by atoms with Crippen molar-refractivity contribution in [3.63, 3.8) is 0 Å². The van der Waals surface area contributed by atoms with Gasteiger partial charge in [0.25, 0.3) is 0 Å². The van der Waals surface area contributed by atoms with Crippen LogP contribution in [0.5, 0.6) is 0 Å². The Morgan fingerprint density at radius 3 is 2.42 bits per heavy atom. The van der Waals surface area contributed by atoms with Crippen LogP contribution in [0.15, 0.2) is 23.1 Å². The Morgan fingerprint density at radius 1 is 1.32 bits per heavy atom. The van der Waals surface area contributed by atoms with Gasteiger partial charge in [0.05, 0.1) is 17.0 Å². The van der Waals surface area contributed by atoms with Gasteiger partial charge in [-0.25, -0.2) is 4.98 Å². The monoisotopic (exact) mass is 312 g/mol. The van der Waals surface area contributed by atoms with Gasteiger partial charge in [-0.3, -0.25) is 4.79 Å². The number of H-pyrrole nitrogens is 1. The molecule has 0 atom stereocenters. The first-order valence-electron chi connectivity index (χ1n) is 4.34. The van der Waals surface area contributed by atoms with E-state index in [9.17, 15) is 9.59 Å². The molecular weight excluding hydrogens is 300 g/mol. The van der Waals surface area contributed by atoms with Gasteiger partial charge in [0.1, 0.15) is 5.52 Å². The van der Waals surface area contributed by atoms with Crippen LogP contribution in [0.4, 0.5) is 0 Å². The van der Waals surface area contributed by atoms with Gasteiger partial charge < -0.3 is 28.4 Å². The van der Waals surface area contributed by atoms with E-state index in [4.69, 9.17) is 5.73 Å². The van der Waals surface area contributed by atoms with E-state index in [-0.39, 0.29) is 127 Å². The number of nitrogens with one attached hydrogen (secondary N) is 2. The molecule has 0 radical (unpaired) electrons. The summed E-state index contributed by atoms with van der Waals surface area (Å²) in [5.74, 6) is -0.999. The summed E-state index contributed by atoms with van der Waals surface area (Å²) in [6.45, 7) is 1.76. The van der Waals surface area contributed by atoms with E-state index in [2.05, 4.69) is 9.97 Å². The maximum absolute atomic E-state index is 11.7. The quantitative estimate of drug-likeness (QED) is 0.423. The molecular formula is C11H12K2N3O3-. The van der Waals surface area contributed by atoms with E-state index in [1.165, 1.54) is 6.20 Å². The van der Waals surface area contributed by atoms with Crippen molar-refractivity contribution in [1.82, 2.24) is 9.97 Å². The fourth-order valence-electron chi connectivity index (χ4n) is 1.36. The SMILES string of the molecule is Cc1ccc2[nH]cc(C([NH-])=O)c(=O)c2n1.[CH3-].[K+].[K+].[OH-]. The van der Waals surface area contributed by atoms with Crippen LogP contribution in [0.25, 0.3) is 16.8 Å². The van der Waals surface area contributed by atoms with Gasteiger partial charge in [0, 0.05) is 11.9 Å². The van der Waals surface area contributed by atoms with E-state index < -0.39 is 11.3 Å². The number of carbonyl (C=O) groups excluding carboxylic acids is 1. The predicted molar refractivity (Wildman–Crippen MR) is 64.1 cm³/mol. The molecule has 2 aromatic heterocycles. The molecule has 0 aromatic carbocycles. The number of rotatable bonds is 1. The van der Waals surface area contributed by atoms with Crippen LogP contribution in [-0.4, -0.2) is 21.4 Å². The second kappa shape index (κ2) is 10.7. The summed E-state index contributed by atoms with van der Waals surface area (Å²) < 4.78 is 0. The van der Waals surface area contributed by atoms with Crippen molar-refractivity contribution in [3.05, 3.63) is 53.0 Å². The zero-order valence-corrected chi connectivity index (χ0v) is 17.7. The molecule has 0 aliphatic rings.